The Balaban J connectivity index is 1.58. The van der Waals surface area contributed by atoms with Gasteiger partial charge < -0.3 is 9.88 Å². The molecule has 1 atom stereocenters. The van der Waals surface area contributed by atoms with E-state index in [0.29, 0.717) is 23.1 Å². The minimum absolute atomic E-state index is 0.0311. The maximum atomic E-state index is 13.9. The molecule has 1 amide bonds. The first kappa shape index (κ1) is 22.9. The van der Waals surface area contributed by atoms with Gasteiger partial charge in [0, 0.05) is 42.5 Å². The molecule has 5 rings (SSSR count). The lowest BCUT2D eigenvalue weighted by Crippen LogP contribution is -2.39. The molecule has 0 saturated carbocycles. The number of aromatic amines is 1. The van der Waals surface area contributed by atoms with Crippen molar-refractivity contribution in [3.63, 3.8) is 0 Å². The molecule has 1 aliphatic heterocycles. The smallest absolute Gasteiger partial charge is 0.346 e. The third-order valence-electron chi connectivity index (χ3n) is 6.27. The summed E-state index contributed by atoms with van der Waals surface area (Å²) in [7, 11) is 1.53. The van der Waals surface area contributed by atoms with E-state index in [2.05, 4.69) is 15.1 Å². The molecule has 182 valence electrons. The lowest BCUT2D eigenvalue weighted by atomic mass is 9.94. The number of pyridine rings is 1. The maximum Gasteiger partial charge on any atom is 0.418 e. The van der Waals surface area contributed by atoms with Crippen molar-refractivity contribution in [3.05, 3.63) is 70.4 Å². The molecule has 1 aliphatic rings. The maximum absolute atomic E-state index is 13.9. The van der Waals surface area contributed by atoms with Gasteiger partial charge in [0.2, 0.25) is 0 Å². The molecule has 0 saturated heterocycles. The summed E-state index contributed by atoms with van der Waals surface area (Å²) in [6.07, 6.45) is -2.61. The summed E-state index contributed by atoms with van der Waals surface area (Å²) in [6.45, 7) is 1.64. The van der Waals surface area contributed by atoms with Crippen LogP contribution in [-0.4, -0.2) is 37.1 Å². The number of alkyl halides is 3. The Morgan fingerprint density at radius 2 is 1.86 bits per heavy atom. The number of carbonyl (C=O) groups excluding carboxylic acids is 1. The molecule has 4 aromatic rings. The highest BCUT2D eigenvalue weighted by molar-refractivity contribution is 6.07. The van der Waals surface area contributed by atoms with E-state index in [-0.39, 0.29) is 29.6 Å². The summed E-state index contributed by atoms with van der Waals surface area (Å²) in [5.41, 5.74) is -0.166. The van der Waals surface area contributed by atoms with E-state index in [1.54, 1.807) is 6.92 Å². The molecule has 0 spiro atoms. The summed E-state index contributed by atoms with van der Waals surface area (Å²) in [5.74, 6) is -5.15. The number of benzene rings is 1. The lowest BCUT2D eigenvalue weighted by Gasteiger charge is -2.33. The average molecular weight is 493 g/mol. The highest BCUT2D eigenvalue weighted by atomic mass is 19.4. The zero-order chi connectivity index (χ0) is 25.2. The summed E-state index contributed by atoms with van der Waals surface area (Å²) in [6, 6.07) is 2.33. The van der Waals surface area contributed by atoms with Crippen LogP contribution in [0, 0.1) is 17.5 Å². The van der Waals surface area contributed by atoms with Crippen molar-refractivity contribution in [1.82, 2.24) is 24.6 Å². The number of fused-ring (bicyclic) bond motifs is 2. The first-order valence-electron chi connectivity index (χ1n) is 10.5. The van der Waals surface area contributed by atoms with E-state index in [1.165, 1.54) is 28.9 Å². The Morgan fingerprint density at radius 1 is 1.17 bits per heavy atom. The number of aromatic nitrogens is 4. The Labute approximate surface area is 194 Å². The van der Waals surface area contributed by atoms with Gasteiger partial charge in [0.1, 0.15) is 5.65 Å². The molecule has 3 aromatic heterocycles. The van der Waals surface area contributed by atoms with Crippen molar-refractivity contribution < 1.29 is 31.1 Å². The normalized spacial score (nSPS) is 16.1. The van der Waals surface area contributed by atoms with E-state index in [1.807, 2.05) is 0 Å². The standard InChI is InChI=1S/C23H17F6N5O/c1-10-19-13(20(33(2)32-19)11-7-15(24)18(26)16(25)8-11)4-6-34(10)22(35)17-12-3-5-30-21(12)31-9-14(17)23(27,28)29/h3,5,7-10H,4,6H2,1-2H3,(H,30,31)/t10-/m0/s1. The number of nitrogens with zero attached hydrogens (tertiary/aromatic N) is 4. The first-order valence-corrected chi connectivity index (χ1v) is 10.5. The SMILES string of the molecule is C[C@H]1c2nn(C)c(-c3cc(F)c(F)c(F)c3)c2CCN1C(=O)c1c(C(F)(F)F)cnc2[nH]ccc12. The van der Waals surface area contributed by atoms with Crippen molar-refractivity contribution in [2.24, 2.45) is 7.05 Å². The van der Waals surface area contributed by atoms with Crippen molar-refractivity contribution in [3.8, 4) is 11.3 Å². The predicted octanol–water partition coefficient (Wildman–Crippen LogP) is 5.16. The average Bonchev–Trinajstić information content (AvgIpc) is 3.40. The highest BCUT2D eigenvalue weighted by Gasteiger charge is 2.41. The van der Waals surface area contributed by atoms with Crippen molar-refractivity contribution in [2.45, 2.75) is 25.6 Å². The van der Waals surface area contributed by atoms with Crippen LogP contribution in [-0.2, 0) is 19.6 Å². The Bertz CT molecular complexity index is 1460. The fourth-order valence-electron chi connectivity index (χ4n) is 4.67. The number of halogens is 6. The van der Waals surface area contributed by atoms with Gasteiger partial charge in [0.15, 0.2) is 17.5 Å². The molecule has 6 nitrogen and oxygen atoms in total. The molecular weight excluding hydrogens is 476 g/mol. The van der Waals surface area contributed by atoms with Gasteiger partial charge in [0.05, 0.1) is 28.6 Å². The van der Waals surface area contributed by atoms with E-state index < -0.39 is 46.7 Å². The van der Waals surface area contributed by atoms with E-state index >= 15 is 0 Å². The molecule has 0 bridgehead atoms. The monoisotopic (exact) mass is 493 g/mol. The van der Waals surface area contributed by atoms with E-state index in [9.17, 15) is 31.1 Å². The summed E-state index contributed by atoms with van der Waals surface area (Å²) in [4.78, 5) is 21.3. The fraction of sp³-hybridized carbons (Fsp3) is 0.261. The lowest BCUT2D eigenvalue weighted by molar-refractivity contribution is -0.138. The van der Waals surface area contributed by atoms with Gasteiger partial charge in [-0.1, -0.05) is 0 Å². The minimum atomic E-state index is -4.80. The van der Waals surface area contributed by atoms with Gasteiger partial charge in [-0.15, -0.1) is 0 Å². The largest absolute Gasteiger partial charge is 0.418 e. The van der Waals surface area contributed by atoms with Crippen LogP contribution in [0.2, 0.25) is 0 Å². The molecule has 0 radical (unpaired) electrons. The topological polar surface area (TPSA) is 66.8 Å². The molecule has 4 heterocycles. The van der Waals surface area contributed by atoms with Gasteiger partial charge in [-0.2, -0.15) is 18.3 Å². The van der Waals surface area contributed by atoms with Crippen molar-refractivity contribution >= 4 is 16.9 Å². The summed E-state index contributed by atoms with van der Waals surface area (Å²) >= 11 is 0. The third-order valence-corrected chi connectivity index (χ3v) is 6.27. The van der Waals surface area contributed by atoms with Crippen LogP contribution in [0.15, 0.2) is 30.6 Å². The van der Waals surface area contributed by atoms with Crippen LogP contribution in [0.5, 0.6) is 0 Å². The zero-order valence-corrected chi connectivity index (χ0v) is 18.3. The number of rotatable bonds is 2. The number of carbonyl (C=O) groups is 1. The molecule has 12 heteroatoms. The highest BCUT2D eigenvalue weighted by Crippen LogP contribution is 2.40. The predicted molar refractivity (Wildman–Crippen MR) is 113 cm³/mol. The second-order valence-corrected chi connectivity index (χ2v) is 8.30. The second kappa shape index (κ2) is 7.85. The molecule has 0 aliphatic carbocycles. The Hall–Kier alpha value is -3.83. The van der Waals surface area contributed by atoms with Crippen LogP contribution < -0.4 is 0 Å². The molecule has 1 aromatic carbocycles. The summed E-state index contributed by atoms with van der Waals surface area (Å²) in [5, 5.41) is 4.43. The third kappa shape index (κ3) is 3.55. The number of hydrogen-bond donors (Lipinski definition) is 1. The van der Waals surface area contributed by atoms with Crippen LogP contribution in [0.1, 0.15) is 40.1 Å². The van der Waals surface area contributed by atoms with E-state index in [4.69, 9.17) is 0 Å². The van der Waals surface area contributed by atoms with Gasteiger partial charge >= 0.3 is 6.18 Å². The van der Waals surface area contributed by atoms with Gasteiger partial charge in [-0.25, -0.2) is 18.2 Å². The van der Waals surface area contributed by atoms with Gasteiger partial charge in [-0.05, 0) is 31.5 Å². The summed E-state index contributed by atoms with van der Waals surface area (Å²) < 4.78 is 83.8. The number of hydrogen-bond acceptors (Lipinski definition) is 3. The van der Waals surface area contributed by atoms with Crippen LogP contribution in [0.25, 0.3) is 22.3 Å². The van der Waals surface area contributed by atoms with Crippen molar-refractivity contribution in [1.29, 1.82) is 0 Å². The number of nitrogens with one attached hydrogen (secondary N) is 1. The quantitative estimate of drug-likeness (QED) is 0.310. The second-order valence-electron chi connectivity index (χ2n) is 8.30. The first-order chi connectivity index (χ1) is 16.5. The molecule has 0 unspecified atom stereocenters. The zero-order valence-electron chi connectivity index (χ0n) is 18.3. The molecule has 1 N–H and O–H groups in total. The van der Waals surface area contributed by atoms with Crippen LogP contribution in [0.4, 0.5) is 26.3 Å². The Kier molecular flexibility index (Phi) is 5.15. The molecular formula is C23H17F6N5O. The molecule has 0 fully saturated rings. The van der Waals surface area contributed by atoms with Crippen molar-refractivity contribution in [2.75, 3.05) is 6.54 Å². The van der Waals surface area contributed by atoms with Gasteiger partial charge in [-0.3, -0.25) is 9.48 Å². The number of amides is 1. The van der Waals surface area contributed by atoms with Crippen LogP contribution in [0.3, 0.4) is 0 Å². The Morgan fingerprint density at radius 3 is 2.51 bits per heavy atom. The number of H-pyrrole nitrogens is 1. The molecule has 35 heavy (non-hydrogen) atoms. The number of aryl methyl sites for hydroxylation is 1. The minimum Gasteiger partial charge on any atom is -0.346 e. The van der Waals surface area contributed by atoms with Crippen LogP contribution >= 0.6 is 0 Å². The van der Waals surface area contributed by atoms with Gasteiger partial charge in [0.25, 0.3) is 5.91 Å². The fourth-order valence-corrected chi connectivity index (χ4v) is 4.67. The van der Waals surface area contributed by atoms with E-state index in [0.717, 1.165) is 12.1 Å².